The van der Waals surface area contributed by atoms with Gasteiger partial charge in [0, 0.05) is 12.6 Å². The molecule has 1 aliphatic rings. The zero-order valence-corrected chi connectivity index (χ0v) is 14.1. The molecule has 1 fully saturated rings. The highest BCUT2D eigenvalue weighted by Gasteiger charge is 2.36. The SMILES string of the molecule is CCCCCCC(C)OCCCC(C)(NC1CC1)C(N)=O. The number of carbonyl (C=O) groups is 1. The summed E-state index contributed by atoms with van der Waals surface area (Å²) in [6, 6.07) is 0.487. The molecular weight excluding hydrogens is 264 g/mol. The monoisotopic (exact) mass is 298 g/mol. The minimum absolute atomic E-state index is 0.248. The van der Waals surface area contributed by atoms with E-state index in [0.717, 1.165) is 32.1 Å². The summed E-state index contributed by atoms with van der Waals surface area (Å²) in [7, 11) is 0. The number of hydrogen-bond acceptors (Lipinski definition) is 3. The van der Waals surface area contributed by atoms with Gasteiger partial charge in [0.2, 0.25) is 5.91 Å². The van der Waals surface area contributed by atoms with Gasteiger partial charge in [-0.15, -0.1) is 0 Å². The third kappa shape index (κ3) is 7.82. The van der Waals surface area contributed by atoms with Crippen molar-refractivity contribution in [3.05, 3.63) is 0 Å². The lowest BCUT2D eigenvalue weighted by atomic mass is 9.95. The fourth-order valence-electron chi connectivity index (χ4n) is 2.60. The zero-order valence-electron chi connectivity index (χ0n) is 14.1. The van der Waals surface area contributed by atoms with Crippen molar-refractivity contribution in [3.63, 3.8) is 0 Å². The van der Waals surface area contributed by atoms with Gasteiger partial charge in [0.15, 0.2) is 0 Å². The molecule has 0 saturated heterocycles. The molecule has 1 amide bonds. The lowest BCUT2D eigenvalue weighted by Crippen LogP contribution is -2.54. The number of carbonyl (C=O) groups excluding carboxylic acids is 1. The van der Waals surface area contributed by atoms with Crippen LogP contribution in [-0.4, -0.2) is 30.2 Å². The van der Waals surface area contributed by atoms with Crippen LogP contribution in [0.4, 0.5) is 0 Å². The third-order valence-electron chi connectivity index (χ3n) is 4.33. The molecule has 2 unspecified atom stereocenters. The summed E-state index contributed by atoms with van der Waals surface area (Å²) in [4.78, 5) is 11.6. The van der Waals surface area contributed by atoms with Crippen LogP contribution in [0.25, 0.3) is 0 Å². The number of ether oxygens (including phenoxy) is 1. The van der Waals surface area contributed by atoms with Gasteiger partial charge < -0.3 is 15.8 Å². The lowest BCUT2D eigenvalue weighted by Gasteiger charge is -2.27. The largest absolute Gasteiger partial charge is 0.379 e. The van der Waals surface area contributed by atoms with Crippen molar-refractivity contribution in [2.45, 2.75) is 96.2 Å². The van der Waals surface area contributed by atoms with Crippen molar-refractivity contribution in [2.24, 2.45) is 5.73 Å². The van der Waals surface area contributed by atoms with E-state index in [1.807, 2.05) is 6.92 Å². The first-order valence-electron chi connectivity index (χ1n) is 8.67. The van der Waals surface area contributed by atoms with E-state index in [1.54, 1.807) is 0 Å². The maximum absolute atomic E-state index is 11.6. The molecule has 2 atom stereocenters. The summed E-state index contributed by atoms with van der Waals surface area (Å²) >= 11 is 0. The molecule has 1 rings (SSSR count). The second kappa shape index (κ2) is 9.42. The number of unbranched alkanes of at least 4 members (excludes halogenated alkanes) is 3. The Morgan fingerprint density at radius 2 is 2.05 bits per heavy atom. The predicted octanol–water partition coefficient (Wildman–Crippen LogP) is 3.14. The summed E-state index contributed by atoms with van der Waals surface area (Å²) in [6.07, 6.45) is 10.5. The van der Waals surface area contributed by atoms with Gasteiger partial charge in [0.25, 0.3) is 0 Å². The Morgan fingerprint density at radius 1 is 1.33 bits per heavy atom. The second-order valence-corrected chi connectivity index (χ2v) is 6.75. The Kier molecular flexibility index (Phi) is 8.27. The van der Waals surface area contributed by atoms with E-state index in [-0.39, 0.29) is 5.91 Å². The van der Waals surface area contributed by atoms with Crippen molar-refractivity contribution in [2.75, 3.05) is 6.61 Å². The van der Waals surface area contributed by atoms with Crippen LogP contribution in [-0.2, 0) is 9.53 Å². The number of rotatable bonds is 13. The summed E-state index contributed by atoms with van der Waals surface area (Å²) < 4.78 is 5.84. The topological polar surface area (TPSA) is 64.3 Å². The third-order valence-corrected chi connectivity index (χ3v) is 4.33. The normalized spacial score (nSPS) is 19.2. The molecule has 124 valence electrons. The lowest BCUT2D eigenvalue weighted by molar-refractivity contribution is -0.124. The van der Waals surface area contributed by atoms with Gasteiger partial charge in [0.05, 0.1) is 11.6 Å². The van der Waals surface area contributed by atoms with Crippen LogP contribution in [0.3, 0.4) is 0 Å². The average Bonchev–Trinajstić information content (AvgIpc) is 3.23. The molecule has 4 heteroatoms. The van der Waals surface area contributed by atoms with Gasteiger partial charge in [0.1, 0.15) is 0 Å². The smallest absolute Gasteiger partial charge is 0.237 e. The first kappa shape index (κ1) is 18.4. The molecule has 21 heavy (non-hydrogen) atoms. The number of amides is 1. The zero-order chi connectivity index (χ0) is 15.7. The molecular formula is C17H34N2O2. The number of nitrogens with two attached hydrogens (primary N) is 1. The first-order valence-corrected chi connectivity index (χ1v) is 8.67. The molecule has 0 radical (unpaired) electrons. The Morgan fingerprint density at radius 3 is 2.62 bits per heavy atom. The molecule has 0 aromatic heterocycles. The van der Waals surface area contributed by atoms with E-state index >= 15 is 0 Å². The highest BCUT2D eigenvalue weighted by atomic mass is 16.5. The van der Waals surface area contributed by atoms with Crippen LogP contribution in [0.1, 0.15) is 78.6 Å². The summed E-state index contributed by atoms with van der Waals surface area (Å²) in [5, 5.41) is 3.37. The van der Waals surface area contributed by atoms with Gasteiger partial charge in [-0.1, -0.05) is 32.6 Å². The fraction of sp³-hybridized carbons (Fsp3) is 0.941. The van der Waals surface area contributed by atoms with Crippen molar-refractivity contribution >= 4 is 5.91 Å². The number of primary amides is 1. The maximum atomic E-state index is 11.6. The van der Waals surface area contributed by atoms with E-state index < -0.39 is 5.54 Å². The molecule has 0 aliphatic heterocycles. The standard InChI is InChI=1S/C17H34N2O2/c1-4-5-6-7-9-14(2)21-13-8-12-17(3,16(18)20)19-15-10-11-15/h14-15,19H,4-13H2,1-3H3,(H2,18,20). The molecule has 0 aromatic carbocycles. The van der Waals surface area contributed by atoms with E-state index in [4.69, 9.17) is 10.5 Å². The quantitative estimate of drug-likeness (QED) is 0.513. The molecule has 1 aliphatic carbocycles. The molecule has 0 bridgehead atoms. The van der Waals surface area contributed by atoms with Crippen LogP contribution < -0.4 is 11.1 Å². The van der Waals surface area contributed by atoms with Crippen LogP contribution in [0.15, 0.2) is 0 Å². The Hall–Kier alpha value is -0.610. The Labute approximate surface area is 130 Å². The predicted molar refractivity (Wildman–Crippen MR) is 87.2 cm³/mol. The Bertz CT molecular complexity index is 305. The highest BCUT2D eigenvalue weighted by molar-refractivity contribution is 5.84. The van der Waals surface area contributed by atoms with Crippen molar-refractivity contribution in [3.8, 4) is 0 Å². The molecule has 0 aromatic rings. The van der Waals surface area contributed by atoms with Gasteiger partial charge in [-0.05, 0) is 46.0 Å². The highest BCUT2D eigenvalue weighted by Crippen LogP contribution is 2.24. The van der Waals surface area contributed by atoms with Gasteiger partial charge in [-0.2, -0.15) is 0 Å². The van der Waals surface area contributed by atoms with Crippen LogP contribution in [0.2, 0.25) is 0 Å². The van der Waals surface area contributed by atoms with E-state index in [2.05, 4.69) is 19.2 Å². The van der Waals surface area contributed by atoms with E-state index in [0.29, 0.717) is 18.8 Å². The van der Waals surface area contributed by atoms with E-state index in [9.17, 15) is 4.79 Å². The van der Waals surface area contributed by atoms with Gasteiger partial charge in [-0.3, -0.25) is 4.79 Å². The molecule has 4 nitrogen and oxygen atoms in total. The van der Waals surface area contributed by atoms with Gasteiger partial charge in [-0.25, -0.2) is 0 Å². The number of nitrogens with one attached hydrogen (secondary N) is 1. The molecule has 0 heterocycles. The van der Waals surface area contributed by atoms with Crippen molar-refractivity contribution in [1.29, 1.82) is 0 Å². The van der Waals surface area contributed by atoms with Crippen molar-refractivity contribution in [1.82, 2.24) is 5.32 Å². The van der Waals surface area contributed by atoms with Crippen molar-refractivity contribution < 1.29 is 9.53 Å². The molecule has 1 saturated carbocycles. The minimum Gasteiger partial charge on any atom is -0.379 e. The summed E-state index contributed by atoms with van der Waals surface area (Å²) in [5.41, 5.74) is 4.97. The second-order valence-electron chi connectivity index (χ2n) is 6.75. The number of hydrogen-bond donors (Lipinski definition) is 2. The van der Waals surface area contributed by atoms with Crippen LogP contribution in [0.5, 0.6) is 0 Å². The summed E-state index contributed by atoms with van der Waals surface area (Å²) in [5.74, 6) is -0.248. The maximum Gasteiger partial charge on any atom is 0.237 e. The van der Waals surface area contributed by atoms with Crippen LogP contribution in [0, 0.1) is 0 Å². The van der Waals surface area contributed by atoms with Crippen LogP contribution >= 0.6 is 0 Å². The molecule has 0 spiro atoms. The fourth-order valence-corrected chi connectivity index (χ4v) is 2.60. The Balaban J connectivity index is 2.11. The average molecular weight is 298 g/mol. The summed E-state index contributed by atoms with van der Waals surface area (Å²) in [6.45, 7) is 7.00. The van der Waals surface area contributed by atoms with E-state index in [1.165, 1.54) is 25.7 Å². The first-order chi connectivity index (χ1) is 9.98. The minimum atomic E-state index is -0.575. The van der Waals surface area contributed by atoms with Gasteiger partial charge >= 0.3 is 0 Å². The molecule has 3 N–H and O–H groups in total.